The number of aryl methyl sites for hydroxylation is 1. The van der Waals surface area contributed by atoms with Gasteiger partial charge < -0.3 is 5.32 Å². The molecule has 0 radical (unpaired) electrons. The molecule has 160 valence electrons. The number of nitrogens with one attached hydrogen (secondary N) is 1. The Balaban J connectivity index is 1.62. The monoisotopic (exact) mass is 442 g/mol. The van der Waals surface area contributed by atoms with Crippen LogP contribution < -0.4 is 5.32 Å². The molecular weight excluding hydrogens is 412 g/mol. The van der Waals surface area contributed by atoms with Crippen molar-refractivity contribution >= 4 is 29.3 Å². The highest BCUT2D eigenvalue weighted by atomic mass is 35.5. The van der Waals surface area contributed by atoms with Gasteiger partial charge in [0.25, 0.3) is 5.91 Å². The van der Waals surface area contributed by atoms with E-state index in [9.17, 15) is 4.79 Å². The standard InChI is InChI=1S/C25H31ClN2OS/c1-18-15-20(26)16-22(30-2)23(18)24(29)27-17-25(28-13-6-7-14-28)12-8-11-21(25)19-9-4-3-5-10-19/h3-5,9-10,15-16,21H,6-8,11-14,17H2,1-2H3,(H,27,29). The largest absolute Gasteiger partial charge is 0.350 e. The molecule has 0 spiro atoms. The lowest BCUT2D eigenvalue weighted by Gasteiger charge is -2.44. The number of thioether (sulfide) groups is 1. The van der Waals surface area contributed by atoms with Crippen molar-refractivity contribution in [3.63, 3.8) is 0 Å². The third-order valence-corrected chi connectivity index (χ3v) is 7.94. The molecule has 0 bridgehead atoms. The molecule has 4 rings (SSSR count). The van der Waals surface area contributed by atoms with Crippen LogP contribution in [0.25, 0.3) is 0 Å². The second kappa shape index (κ2) is 9.33. The quantitative estimate of drug-likeness (QED) is 0.565. The molecule has 2 aromatic rings. The van der Waals surface area contributed by atoms with Gasteiger partial charge in [-0.3, -0.25) is 9.69 Å². The summed E-state index contributed by atoms with van der Waals surface area (Å²) < 4.78 is 0. The zero-order valence-electron chi connectivity index (χ0n) is 17.9. The Hall–Kier alpha value is -1.49. The third kappa shape index (κ3) is 4.15. The van der Waals surface area contributed by atoms with Crippen LogP contribution in [0.5, 0.6) is 0 Å². The predicted octanol–water partition coefficient (Wildman–Crippen LogP) is 5.90. The first-order chi connectivity index (χ1) is 14.5. The lowest BCUT2D eigenvalue weighted by Crippen LogP contribution is -2.56. The van der Waals surface area contributed by atoms with Crippen LogP contribution >= 0.6 is 23.4 Å². The van der Waals surface area contributed by atoms with Crippen molar-refractivity contribution < 1.29 is 4.79 Å². The Labute approximate surface area is 189 Å². The van der Waals surface area contributed by atoms with E-state index >= 15 is 0 Å². The summed E-state index contributed by atoms with van der Waals surface area (Å²) in [5.41, 5.74) is 3.11. The minimum absolute atomic E-state index is 0.00731. The molecule has 2 aliphatic rings. The number of amides is 1. The molecule has 1 saturated carbocycles. The fraction of sp³-hybridized carbons (Fsp3) is 0.480. The number of carbonyl (C=O) groups is 1. The van der Waals surface area contributed by atoms with Crippen LogP contribution in [0.4, 0.5) is 0 Å². The Kier molecular flexibility index (Phi) is 6.76. The maximum atomic E-state index is 13.3. The van der Waals surface area contributed by atoms with E-state index in [2.05, 4.69) is 40.5 Å². The van der Waals surface area contributed by atoms with E-state index in [0.717, 1.165) is 35.5 Å². The smallest absolute Gasteiger partial charge is 0.252 e. The van der Waals surface area contributed by atoms with E-state index in [1.807, 2.05) is 25.3 Å². The molecule has 2 aromatic carbocycles. The number of likely N-dealkylation sites (tertiary alicyclic amines) is 1. The summed E-state index contributed by atoms with van der Waals surface area (Å²) in [5, 5.41) is 4.04. The lowest BCUT2D eigenvalue weighted by molar-refractivity contribution is 0.0808. The van der Waals surface area contributed by atoms with Crippen LogP contribution in [0.15, 0.2) is 47.4 Å². The van der Waals surface area contributed by atoms with Crippen molar-refractivity contribution in [2.75, 3.05) is 25.9 Å². The fourth-order valence-corrected chi connectivity index (χ4v) is 6.61. The van der Waals surface area contributed by atoms with Gasteiger partial charge in [0.1, 0.15) is 0 Å². The highest BCUT2D eigenvalue weighted by Gasteiger charge is 2.48. The first-order valence-electron chi connectivity index (χ1n) is 11.0. The first-order valence-corrected chi connectivity index (χ1v) is 12.6. The minimum atomic E-state index is 0.00731. The number of benzene rings is 2. The lowest BCUT2D eigenvalue weighted by atomic mass is 9.80. The van der Waals surface area contributed by atoms with E-state index in [1.165, 1.54) is 31.2 Å². The number of carbonyl (C=O) groups excluding carboxylic acids is 1. The van der Waals surface area contributed by atoms with Gasteiger partial charge in [0, 0.05) is 27.9 Å². The van der Waals surface area contributed by atoms with Gasteiger partial charge in [0.2, 0.25) is 0 Å². The maximum Gasteiger partial charge on any atom is 0.252 e. The van der Waals surface area contributed by atoms with Gasteiger partial charge in [0.15, 0.2) is 0 Å². The molecule has 30 heavy (non-hydrogen) atoms. The topological polar surface area (TPSA) is 32.3 Å². The summed E-state index contributed by atoms with van der Waals surface area (Å²) in [7, 11) is 0. The van der Waals surface area contributed by atoms with E-state index < -0.39 is 0 Å². The van der Waals surface area contributed by atoms with Gasteiger partial charge >= 0.3 is 0 Å². The normalized spacial score (nSPS) is 24.3. The molecule has 1 N–H and O–H groups in total. The predicted molar refractivity (Wildman–Crippen MR) is 127 cm³/mol. The molecule has 5 heteroatoms. The molecule has 1 saturated heterocycles. The zero-order chi connectivity index (χ0) is 21.1. The maximum absolute atomic E-state index is 13.3. The highest BCUT2D eigenvalue weighted by molar-refractivity contribution is 7.98. The van der Waals surface area contributed by atoms with Crippen LogP contribution in [0.3, 0.4) is 0 Å². The van der Waals surface area contributed by atoms with Crippen molar-refractivity contribution in [3.8, 4) is 0 Å². The molecule has 1 amide bonds. The van der Waals surface area contributed by atoms with Crippen LogP contribution in [-0.2, 0) is 0 Å². The average molecular weight is 443 g/mol. The summed E-state index contributed by atoms with van der Waals surface area (Å²) >= 11 is 7.81. The second-order valence-corrected chi connectivity index (χ2v) is 9.92. The van der Waals surface area contributed by atoms with E-state index in [-0.39, 0.29) is 11.4 Å². The van der Waals surface area contributed by atoms with Gasteiger partial charge in [-0.05, 0) is 75.2 Å². The molecule has 1 aliphatic carbocycles. The molecule has 2 fully saturated rings. The minimum Gasteiger partial charge on any atom is -0.350 e. The Morgan fingerprint density at radius 1 is 1.20 bits per heavy atom. The van der Waals surface area contributed by atoms with Crippen molar-refractivity contribution in [2.45, 2.75) is 55.4 Å². The van der Waals surface area contributed by atoms with Crippen molar-refractivity contribution in [2.24, 2.45) is 0 Å². The molecule has 2 atom stereocenters. The summed E-state index contributed by atoms with van der Waals surface area (Å²) in [6.07, 6.45) is 8.04. The Bertz CT molecular complexity index is 898. The number of hydrogen-bond donors (Lipinski definition) is 1. The van der Waals surface area contributed by atoms with Crippen LogP contribution in [-0.4, -0.2) is 42.2 Å². The second-order valence-electron chi connectivity index (χ2n) is 8.64. The fourth-order valence-electron chi connectivity index (χ4n) is 5.57. The van der Waals surface area contributed by atoms with Gasteiger partial charge in [0.05, 0.1) is 5.56 Å². The van der Waals surface area contributed by atoms with Crippen LogP contribution in [0.1, 0.15) is 59.5 Å². The highest BCUT2D eigenvalue weighted by Crippen LogP contribution is 2.47. The average Bonchev–Trinajstić information content (AvgIpc) is 3.42. The molecule has 2 unspecified atom stereocenters. The molecular formula is C25H31ClN2OS. The third-order valence-electron chi connectivity index (χ3n) is 6.96. The van der Waals surface area contributed by atoms with Crippen LogP contribution in [0.2, 0.25) is 5.02 Å². The van der Waals surface area contributed by atoms with Crippen LogP contribution in [0, 0.1) is 6.92 Å². The van der Waals surface area contributed by atoms with E-state index in [1.54, 1.807) is 11.8 Å². The van der Waals surface area contributed by atoms with Crippen molar-refractivity contribution in [1.29, 1.82) is 0 Å². The number of rotatable bonds is 6. The molecule has 1 aliphatic heterocycles. The van der Waals surface area contributed by atoms with Crippen molar-refractivity contribution in [3.05, 3.63) is 64.2 Å². The molecule has 0 aromatic heterocycles. The zero-order valence-corrected chi connectivity index (χ0v) is 19.5. The van der Waals surface area contributed by atoms with Gasteiger partial charge in [-0.1, -0.05) is 48.4 Å². The Morgan fingerprint density at radius 3 is 2.63 bits per heavy atom. The van der Waals surface area contributed by atoms with Gasteiger partial charge in [-0.25, -0.2) is 0 Å². The number of halogens is 1. The van der Waals surface area contributed by atoms with E-state index in [0.29, 0.717) is 17.5 Å². The van der Waals surface area contributed by atoms with Gasteiger partial charge in [-0.15, -0.1) is 11.8 Å². The number of hydrogen-bond acceptors (Lipinski definition) is 3. The van der Waals surface area contributed by atoms with E-state index in [4.69, 9.17) is 11.6 Å². The summed E-state index contributed by atoms with van der Waals surface area (Å²) in [6, 6.07) is 14.7. The van der Waals surface area contributed by atoms with Gasteiger partial charge in [-0.2, -0.15) is 0 Å². The molecule has 1 heterocycles. The van der Waals surface area contributed by atoms with Crippen molar-refractivity contribution in [1.82, 2.24) is 10.2 Å². The number of nitrogens with zero attached hydrogens (tertiary/aromatic N) is 1. The SMILES string of the molecule is CSc1cc(Cl)cc(C)c1C(=O)NCC1(N2CCCC2)CCCC1c1ccccc1. The first kappa shape index (κ1) is 21.7. The summed E-state index contributed by atoms with van der Waals surface area (Å²) in [6.45, 7) is 4.94. The summed E-state index contributed by atoms with van der Waals surface area (Å²) in [4.78, 5) is 16.9. The Morgan fingerprint density at radius 2 is 1.93 bits per heavy atom. The summed E-state index contributed by atoms with van der Waals surface area (Å²) in [5.74, 6) is 0.481. The molecule has 3 nitrogen and oxygen atoms in total.